The Hall–Kier alpha value is -0.910. The normalized spacial score (nSPS) is 24.1. The van der Waals surface area contributed by atoms with Crippen molar-refractivity contribution in [1.82, 2.24) is 4.90 Å². The van der Waals surface area contributed by atoms with Crippen LogP contribution in [0.3, 0.4) is 0 Å². The van der Waals surface area contributed by atoms with Gasteiger partial charge >= 0.3 is 0 Å². The van der Waals surface area contributed by atoms with Gasteiger partial charge in [0.2, 0.25) is 0 Å². The van der Waals surface area contributed by atoms with E-state index in [0.717, 1.165) is 32.4 Å². The van der Waals surface area contributed by atoms with Gasteiger partial charge in [-0.05, 0) is 44.2 Å². The predicted molar refractivity (Wildman–Crippen MR) is 86.8 cm³/mol. The molecule has 0 bridgehead atoms. The van der Waals surface area contributed by atoms with Crippen LogP contribution in [-0.2, 0) is 16.3 Å². The molecule has 0 radical (unpaired) electrons. The highest BCUT2D eigenvalue weighted by Crippen LogP contribution is 2.20. The van der Waals surface area contributed by atoms with Crippen LogP contribution in [0.4, 0.5) is 0 Å². The molecule has 0 aliphatic carbocycles. The molecule has 0 amide bonds. The topological polar surface area (TPSA) is 63.4 Å². The summed E-state index contributed by atoms with van der Waals surface area (Å²) in [5, 5.41) is -0.256. The van der Waals surface area contributed by atoms with E-state index < -0.39 is 9.84 Å². The zero-order valence-electron chi connectivity index (χ0n) is 12.7. The van der Waals surface area contributed by atoms with Gasteiger partial charge in [0, 0.05) is 12.8 Å². The fourth-order valence-corrected chi connectivity index (χ4v) is 4.05. The highest BCUT2D eigenvalue weighted by Gasteiger charge is 2.31. The molecule has 2 atom stereocenters. The Morgan fingerprint density at radius 2 is 1.95 bits per heavy atom. The van der Waals surface area contributed by atoms with E-state index in [9.17, 15) is 8.42 Å². The van der Waals surface area contributed by atoms with Crippen molar-refractivity contribution in [2.75, 3.05) is 19.3 Å². The van der Waals surface area contributed by atoms with Crippen LogP contribution >= 0.6 is 0 Å². The number of piperidine rings is 1. The minimum atomic E-state index is -2.95. The van der Waals surface area contributed by atoms with Crippen molar-refractivity contribution in [2.45, 2.75) is 43.5 Å². The molecule has 0 saturated carbocycles. The summed E-state index contributed by atoms with van der Waals surface area (Å²) in [5.74, 6) is 0. The number of hydrogen-bond acceptors (Lipinski definition) is 4. The van der Waals surface area contributed by atoms with Gasteiger partial charge in [-0.1, -0.05) is 30.3 Å². The average molecular weight is 310 g/mol. The molecular formula is C16H26N2O2S. The predicted octanol–water partition coefficient (Wildman–Crippen LogP) is 1.80. The van der Waals surface area contributed by atoms with Gasteiger partial charge in [-0.2, -0.15) is 0 Å². The number of unbranched alkanes of at least 4 members (excludes halogenated alkanes) is 1. The summed E-state index contributed by atoms with van der Waals surface area (Å²) in [7, 11) is -2.95. The van der Waals surface area contributed by atoms with E-state index in [1.54, 1.807) is 0 Å². The molecule has 21 heavy (non-hydrogen) atoms. The molecule has 2 N–H and O–H groups in total. The molecule has 0 aromatic heterocycles. The average Bonchev–Trinajstić information content (AvgIpc) is 2.45. The zero-order chi connectivity index (χ0) is 15.3. The van der Waals surface area contributed by atoms with Crippen molar-refractivity contribution < 1.29 is 8.42 Å². The lowest BCUT2D eigenvalue weighted by atomic mass is 10.1. The molecule has 1 aromatic carbocycles. The summed E-state index contributed by atoms with van der Waals surface area (Å²) >= 11 is 0. The van der Waals surface area contributed by atoms with E-state index >= 15 is 0 Å². The minimum Gasteiger partial charge on any atom is -0.316 e. The lowest BCUT2D eigenvalue weighted by molar-refractivity contribution is 0.151. The van der Waals surface area contributed by atoms with Gasteiger partial charge in [-0.15, -0.1) is 0 Å². The van der Waals surface area contributed by atoms with Crippen LogP contribution in [-0.4, -0.2) is 44.1 Å². The van der Waals surface area contributed by atoms with Gasteiger partial charge in [-0.3, -0.25) is 4.90 Å². The maximum atomic E-state index is 11.6. The molecule has 1 saturated heterocycles. The van der Waals surface area contributed by atoms with Crippen LogP contribution in [0.5, 0.6) is 0 Å². The highest BCUT2D eigenvalue weighted by atomic mass is 32.2. The Bertz CT molecular complexity index is 530. The number of nitrogens with zero attached hydrogens (tertiary/aromatic N) is 1. The Labute approximate surface area is 128 Å². The quantitative estimate of drug-likeness (QED) is 0.814. The molecule has 1 aliphatic heterocycles. The fraction of sp³-hybridized carbons (Fsp3) is 0.625. The summed E-state index contributed by atoms with van der Waals surface area (Å²) in [5.41, 5.74) is 7.49. The molecule has 118 valence electrons. The van der Waals surface area contributed by atoms with Crippen LogP contribution in [0.2, 0.25) is 0 Å². The summed E-state index contributed by atoms with van der Waals surface area (Å²) in [6.07, 6.45) is 5.82. The summed E-state index contributed by atoms with van der Waals surface area (Å²) in [6.45, 7) is 1.76. The van der Waals surface area contributed by atoms with Crippen molar-refractivity contribution in [3.05, 3.63) is 35.9 Å². The van der Waals surface area contributed by atoms with Gasteiger partial charge in [0.25, 0.3) is 0 Å². The lowest BCUT2D eigenvalue weighted by Crippen LogP contribution is -2.51. The summed E-state index contributed by atoms with van der Waals surface area (Å²) in [6, 6.07) is 10.5. The second-order valence-electron chi connectivity index (χ2n) is 6.02. The summed E-state index contributed by atoms with van der Waals surface area (Å²) in [4.78, 5) is 2.23. The number of aryl methyl sites for hydroxylation is 1. The Kier molecular flexibility index (Phi) is 5.79. The molecular weight excluding hydrogens is 284 g/mol. The molecule has 1 fully saturated rings. The smallest absolute Gasteiger partial charge is 0.150 e. The van der Waals surface area contributed by atoms with Crippen molar-refractivity contribution >= 4 is 9.84 Å². The molecule has 2 unspecified atom stereocenters. The molecule has 4 nitrogen and oxygen atoms in total. The number of sulfone groups is 1. The molecule has 1 aliphatic rings. The number of hydrogen-bond donors (Lipinski definition) is 1. The second kappa shape index (κ2) is 7.38. The third kappa shape index (κ3) is 5.09. The third-order valence-corrected chi connectivity index (χ3v) is 5.96. The first-order valence-electron chi connectivity index (χ1n) is 7.69. The van der Waals surface area contributed by atoms with E-state index in [4.69, 9.17) is 5.73 Å². The molecule has 2 rings (SSSR count). The first kappa shape index (κ1) is 16.5. The standard InChI is InChI=1S/C16H26N2O2S/c1-21(19,20)15-10-12-18(16(17)13-15)11-6-5-9-14-7-3-2-4-8-14/h2-4,7-8,15-16H,5-6,9-13,17H2,1H3. The number of likely N-dealkylation sites (tertiary alicyclic amines) is 1. The van der Waals surface area contributed by atoms with E-state index in [2.05, 4.69) is 29.2 Å². The lowest BCUT2D eigenvalue weighted by Gasteiger charge is -2.36. The van der Waals surface area contributed by atoms with Crippen LogP contribution in [0.15, 0.2) is 30.3 Å². The number of rotatable bonds is 6. The van der Waals surface area contributed by atoms with Gasteiger partial charge in [0.1, 0.15) is 9.84 Å². The molecule has 0 spiro atoms. The van der Waals surface area contributed by atoms with E-state index in [0.29, 0.717) is 12.8 Å². The van der Waals surface area contributed by atoms with Crippen molar-refractivity contribution in [3.63, 3.8) is 0 Å². The van der Waals surface area contributed by atoms with Crippen LogP contribution in [0.25, 0.3) is 0 Å². The fourth-order valence-electron chi connectivity index (χ4n) is 2.97. The van der Waals surface area contributed by atoms with Crippen molar-refractivity contribution in [2.24, 2.45) is 5.73 Å². The van der Waals surface area contributed by atoms with E-state index in [1.165, 1.54) is 11.8 Å². The van der Waals surface area contributed by atoms with Crippen LogP contribution in [0, 0.1) is 0 Å². The minimum absolute atomic E-state index is 0.116. The maximum Gasteiger partial charge on any atom is 0.150 e. The monoisotopic (exact) mass is 310 g/mol. The van der Waals surface area contributed by atoms with Crippen molar-refractivity contribution in [3.8, 4) is 0 Å². The van der Waals surface area contributed by atoms with Crippen molar-refractivity contribution in [1.29, 1.82) is 0 Å². The van der Waals surface area contributed by atoms with Crippen LogP contribution < -0.4 is 5.73 Å². The highest BCUT2D eigenvalue weighted by molar-refractivity contribution is 7.91. The van der Waals surface area contributed by atoms with Crippen LogP contribution in [0.1, 0.15) is 31.2 Å². The van der Waals surface area contributed by atoms with Gasteiger partial charge in [-0.25, -0.2) is 8.42 Å². The molecule has 5 heteroatoms. The summed E-state index contributed by atoms with van der Waals surface area (Å²) < 4.78 is 23.2. The SMILES string of the molecule is CS(=O)(=O)C1CCN(CCCCc2ccccc2)C(N)C1. The first-order valence-corrected chi connectivity index (χ1v) is 9.64. The van der Waals surface area contributed by atoms with Gasteiger partial charge < -0.3 is 5.73 Å². The van der Waals surface area contributed by atoms with Gasteiger partial charge in [0.05, 0.1) is 11.4 Å². The first-order chi connectivity index (χ1) is 9.97. The maximum absolute atomic E-state index is 11.6. The molecule has 1 aromatic rings. The Balaban J connectivity index is 1.70. The van der Waals surface area contributed by atoms with Gasteiger partial charge in [0.15, 0.2) is 0 Å². The largest absolute Gasteiger partial charge is 0.316 e. The Morgan fingerprint density at radius 3 is 2.57 bits per heavy atom. The third-order valence-electron chi connectivity index (χ3n) is 4.32. The second-order valence-corrected chi connectivity index (χ2v) is 8.35. The zero-order valence-corrected chi connectivity index (χ0v) is 13.6. The van der Waals surface area contributed by atoms with E-state index in [1.807, 2.05) is 6.07 Å². The Morgan fingerprint density at radius 1 is 1.24 bits per heavy atom. The van der Waals surface area contributed by atoms with E-state index in [-0.39, 0.29) is 11.4 Å². The molecule has 1 heterocycles. The number of benzene rings is 1. The number of nitrogens with two attached hydrogens (primary N) is 1.